The SMILES string of the molecule is COc1ccc(-c2cc(=O)n(CC(=O)NCCc3csc(-c4ccc(OC)cc4)n3)cn2)cc1. The molecular formula is C25H24N4O4S. The molecule has 0 aliphatic carbocycles. The predicted molar refractivity (Wildman–Crippen MR) is 131 cm³/mol. The predicted octanol–water partition coefficient (Wildman–Crippen LogP) is 3.41. The first kappa shape index (κ1) is 23.2. The third kappa shape index (κ3) is 5.68. The lowest BCUT2D eigenvalue weighted by Gasteiger charge is -2.08. The third-order valence-corrected chi connectivity index (χ3v) is 6.11. The standard InChI is InChI=1S/C25H24N4O4S/c1-32-20-7-3-17(4-8-20)22-13-24(31)29(16-27-22)14-23(30)26-12-11-19-15-34-25(28-19)18-5-9-21(33-2)10-6-18/h3-10,13,15-16H,11-12,14H2,1-2H3,(H,26,30). The molecule has 0 aliphatic rings. The molecular weight excluding hydrogens is 452 g/mol. The first-order chi connectivity index (χ1) is 16.6. The number of methoxy groups -OCH3 is 2. The first-order valence-corrected chi connectivity index (χ1v) is 11.5. The molecule has 0 saturated carbocycles. The van der Waals surface area contributed by atoms with Crippen molar-refractivity contribution in [2.24, 2.45) is 0 Å². The molecule has 0 bridgehead atoms. The number of benzene rings is 2. The second-order valence-electron chi connectivity index (χ2n) is 7.44. The van der Waals surface area contributed by atoms with Gasteiger partial charge >= 0.3 is 0 Å². The maximum Gasteiger partial charge on any atom is 0.254 e. The van der Waals surface area contributed by atoms with Gasteiger partial charge < -0.3 is 14.8 Å². The van der Waals surface area contributed by atoms with Crippen molar-refractivity contribution >= 4 is 17.2 Å². The zero-order valence-electron chi connectivity index (χ0n) is 18.9. The molecule has 8 nitrogen and oxygen atoms in total. The van der Waals surface area contributed by atoms with Crippen molar-refractivity contribution < 1.29 is 14.3 Å². The number of nitrogens with zero attached hydrogens (tertiary/aromatic N) is 3. The van der Waals surface area contributed by atoms with Crippen LogP contribution in [0.1, 0.15) is 5.69 Å². The molecule has 0 fully saturated rings. The summed E-state index contributed by atoms with van der Waals surface area (Å²) in [5.74, 6) is 1.27. The second kappa shape index (κ2) is 10.8. The van der Waals surface area contributed by atoms with Crippen LogP contribution in [0, 0.1) is 0 Å². The van der Waals surface area contributed by atoms with E-state index in [1.54, 1.807) is 37.7 Å². The third-order valence-electron chi connectivity index (χ3n) is 5.17. The molecule has 1 amide bonds. The molecule has 0 spiro atoms. The topological polar surface area (TPSA) is 95.3 Å². The van der Waals surface area contributed by atoms with Crippen LogP contribution in [0.4, 0.5) is 0 Å². The number of hydrogen-bond acceptors (Lipinski definition) is 7. The Kier molecular flexibility index (Phi) is 7.34. The highest BCUT2D eigenvalue weighted by molar-refractivity contribution is 7.13. The van der Waals surface area contributed by atoms with Gasteiger partial charge in [0.25, 0.3) is 5.56 Å². The van der Waals surface area contributed by atoms with E-state index in [0.29, 0.717) is 18.7 Å². The summed E-state index contributed by atoms with van der Waals surface area (Å²) in [6.45, 7) is 0.333. The van der Waals surface area contributed by atoms with Crippen molar-refractivity contribution in [2.75, 3.05) is 20.8 Å². The molecule has 0 radical (unpaired) electrons. The minimum atomic E-state index is -0.292. The average Bonchev–Trinajstić information content (AvgIpc) is 3.34. The number of carbonyl (C=O) groups excluding carboxylic acids is 1. The van der Waals surface area contributed by atoms with Crippen molar-refractivity contribution in [2.45, 2.75) is 13.0 Å². The van der Waals surface area contributed by atoms with Gasteiger partial charge in [0.2, 0.25) is 5.91 Å². The van der Waals surface area contributed by atoms with Crippen LogP contribution in [0.15, 0.2) is 71.1 Å². The molecule has 9 heteroatoms. The first-order valence-electron chi connectivity index (χ1n) is 10.6. The van der Waals surface area contributed by atoms with Crippen LogP contribution in [0.3, 0.4) is 0 Å². The van der Waals surface area contributed by atoms with Crippen molar-refractivity contribution in [3.05, 3.63) is 82.4 Å². The Morgan fingerprint density at radius 3 is 2.26 bits per heavy atom. The highest BCUT2D eigenvalue weighted by Gasteiger charge is 2.09. The molecule has 2 aromatic carbocycles. The van der Waals surface area contributed by atoms with Gasteiger partial charge in [-0.15, -0.1) is 11.3 Å². The lowest BCUT2D eigenvalue weighted by atomic mass is 10.1. The molecule has 1 N–H and O–H groups in total. The second-order valence-corrected chi connectivity index (χ2v) is 8.30. The van der Waals surface area contributed by atoms with Gasteiger partial charge in [0.15, 0.2) is 0 Å². The van der Waals surface area contributed by atoms with Crippen LogP contribution in [0.25, 0.3) is 21.8 Å². The fraction of sp³-hybridized carbons (Fsp3) is 0.200. The Morgan fingerprint density at radius 2 is 1.65 bits per heavy atom. The summed E-state index contributed by atoms with van der Waals surface area (Å²) in [4.78, 5) is 33.7. The van der Waals surface area contributed by atoms with Gasteiger partial charge in [0, 0.05) is 35.5 Å². The van der Waals surface area contributed by atoms with Crippen molar-refractivity contribution in [1.82, 2.24) is 19.9 Å². The Morgan fingerprint density at radius 1 is 1.00 bits per heavy atom. The van der Waals surface area contributed by atoms with Gasteiger partial charge in [-0.1, -0.05) is 0 Å². The molecule has 4 rings (SSSR count). The number of aromatic nitrogens is 3. The Hall–Kier alpha value is -3.98. The molecule has 2 aromatic heterocycles. The smallest absolute Gasteiger partial charge is 0.254 e. The maximum atomic E-state index is 12.4. The summed E-state index contributed by atoms with van der Waals surface area (Å²) in [7, 11) is 3.23. The van der Waals surface area contributed by atoms with Crippen LogP contribution >= 0.6 is 11.3 Å². The van der Waals surface area contributed by atoms with Gasteiger partial charge in [0.05, 0.1) is 31.9 Å². The normalized spacial score (nSPS) is 10.6. The van der Waals surface area contributed by atoms with Crippen LogP contribution < -0.4 is 20.3 Å². The largest absolute Gasteiger partial charge is 0.497 e. The molecule has 0 atom stereocenters. The molecule has 34 heavy (non-hydrogen) atoms. The lowest BCUT2D eigenvalue weighted by Crippen LogP contribution is -2.33. The fourth-order valence-corrected chi connectivity index (χ4v) is 4.15. The van der Waals surface area contributed by atoms with E-state index in [9.17, 15) is 9.59 Å². The Labute approximate surface area is 200 Å². The summed E-state index contributed by atoms with van der Waals surface area (Å²) in [6.07, 6.45) is 1.99. The minimum Gasteiger partial charge on any atom is -0.497 e. The number of thiazole rings is 1. The number of rotatable bonds is 9. The van der Waals surface area contributed by atoms with Gasteiger partial charge in [-0.3, -0.25) is 14.2 Å². The maximum absolute atomic E-state index is 12.4. The van der Waals surface area contributed by atoms with Gasteiger partial charge in [-0.25, -0.2) is 9.97 Å². The monoisotopic (exact) mass is 476 g/mol. The highest BCUT2D eigenvalue weighted by atomic mass is 32.1. The zero-order valence-corrected chi connectivity index (χ0v) is 19.7. The summed E-state index contributed by atoms with van der Waals surface area (Å²) >= 11 is 1.56. The van der Waals surface area contributed by atoms with Crippen LogP contribution in [0.2, 0.25) is 0 Å². The number of nitrogens with one attached hydrogen (secondary N) is 1. The van der Waals surface area contributed by atoms with E-state index in [4.69, 9.17) is 9.47 Å². The minimum absolute atomic E-state index is 0.0944. The van der Waals surface area contributed by atoms with Crippen LogP contribution in [0.5, 0.6) is 11.5 Å². The Balaban J connectivity index is 1.29. The average molecular weight is 477 g/mol. The van der Waals surface area contributed by atoms with E-state index in [-0.39, 0.29) is 18.0 Å². The summed E-state index contributed by atoms with van der Waals surface area (Å²) in [5, 5.41) is 5.74. The number of ether oxygens (including phenoxy) is 2. The van der Waals surface area contributed by atoms with Crippen molar-refractivity contribution in [3.63, 3.8) is 0 Å². The quantitative estimate of drug-likeness (QED) is 0.398. The van der Waals surface area contributed by atoms with E-state index in [1.807, 2.05) is 41.8 Å². The molecule has 174 valence electrons. The van der Waals surface area contributed by atoms with Crippen molar-refractivity contribution in [1.29, 1.82) is 0 Å². The molecule has 0 saturated heterocycles. The Bertz CT molecular complexity index is 1310. The zero-order chi connectivity index (χ0) is 23.9. The van der Waals surface area contributed by atoms with E-state index < -0.39 is 0 Å². The highest BCUT2D eigenvalue weighted by Crippen LogP contribution is 2.25. The molecule has 0 aliphatic heterocycles. The summed E-state index contributed by atoms with van der Waals surface area (Å²) in [6, 6.07) is 16.4. The number of hydrogen-bond donors (Lipinski definition) is 1. The number of carbonyl (C=O) groups is 1. The van der Waals surface area contributed by atoms with Crippen LogP contribution in [-0.4, -0.2) is 41.2 Å². The van der Waals surface area contributed by atoms with Gasteiger partial charge in [-0.2, -0.15) is 0 Å². The molecule has 4 aromatic rings. The van der Waals surface area contributed by atoms with E-state index in [2.05, 4.69) is 15.3 Å². The molecule has 2 heterocycles. The fourth-order valence-electron chi connectivity index (χ4n) is 3.29. The summed E-state index contributed by atoms with van der Waals surface area (Å²) < 4.78 is 11.6. The van der Waals surface area contributed by atoms with Crippen LogP contribution in [-0.2, 0) is 17.8 Å². The van der Waals surface area contributed by atoms with E-state index in [1.165, 1.54) is 17.0 Å². The van der Waals surface area contributed by atoms with E-state index in [0.717, 1.165) is 33.3 Å². The van der Waals surface area contributed by atoms with Crippen molar-refractivity contribution in [3.8, 4) is 33.3 Å². The summed E-state index contributed by atoms with van der Waals surface area (Å²) in [5.41, 5.74) is 2.97. The number of amides is 1. The lowest BCUT2D eigenvalue weighted by molar-refractivity contribution is -0.121. The molecule has 0 unspecified atom stereocenters. The van der Waals surface area contributed by atoms with Gasteiger partial charge in [0.1, 0.15) is 23.1 Å². The van der Waals surface area contributed by atoms with E-state index >= 15 is 0 Å². The van der Waals surface area contributed by atoms with Gasteiger partial charge in [-0.05, 0) is 48.5 Å².